The van der Waals surface area contributed by atoms with Crippen LogP contribution < -0.4 is 15.4 Å². The molecule has 2 rings (SSSR count). The molecule has 0 aromatic heterocycles. The number of ether oxygens (including phenoxy) is 1. The number of carbonyl (C=O) groups excluding carboxylic acids is 1. The number of carbonyl (C=O) groups is 1. The summed E-state index contributed by atoms with van der Waals surface area (Å²) < 4.78 is 5.29. The van der Waals surface area contributed by atoms with Gasteiger partial charge in [-0.1, -0.05) is 6.07 Å². The first-order valence-electron chi connectivity index (χ1n) is 5.87. The van der Waals surface area contributed by atoms with Crippen LogP contribution in [-0.2, 0) is 4.79 Å². The van der Waals surface area contributed by atoms with Crippen LogP contribution in [-0.4, -0.2) is 25.6 Å². The van der Waals surface area contributed by atoms with Crippen molar-refractivity contribution >= 4 is 11.6 Å². The predicted octanol–water partition coefficient (Wildman–Crippen LogP) is 1.69. The molecule has 17 heavy (non-hydrogen) atoms. The fraction of sp³-hybridized carbons (Fsp3) is 0.462. The average molecular weight is 234 g/mol. The van der Waals surface area contributed by atoms with E-state index in [9.17, 15) is 4.79 Å². The van der Waals surface area contributed by atoms with Gasteiger partial charge in [0.1, 0.15) is 5.75 Å². The zero-order chi connectivity index (χ0) is 12.3. The van der Waals surface area contributed by atoms with Crippen LogP contribution in [0.1, 0.15) is 18.4 Å². The molecule has 1 heterocycles. The van der Waals surface area contributed by atoms with E-state index in [0.29, 0.717) is 6.42 Å². The average Bonchev–Trinajstić information content (AvgIpc) is 2.73. The van der Waals surface area contributed by atoms with E-state index in [1.54, 1.807) is 7.11 Å². The zero-order valence-electron chi connectivity index (χ0n) is 10.2. The van der Waals surface area contributed by atoms with E-state index in [1.165, 1.54) is 5.56 Å². The van der Waals surface area contributed by atoms with Crippen molar-refractivity contribution in [3.8, 4) is 5.75 Å². The van der Waals surface area contributed by atoms with Gasteiger partial charge in [0.2, 0.25) is 5.91 Å². The molecule has 1 saturated heterocycles. The van der Waals surface area contributed by atoms with Crippen molar-refractivity contribution < 1.29 is 9.53 Å². The summed E-state index contributed by atoms with van der Waals surface area (Å²) in [5.74, 6) is 0.980. The molecule has 0 aliphatic carbocycles. The largest absolute Gasteiger partial charge is 0.495 e. The molecule has 1 aliphatic heterocycles. The van der Waals surface area contributed by atoms with Crippen molar-refractivity contribution in [2.75, 3.05) is 19.0 Å². The van der Waals surface area contributed by atoms with Crippen molar-refractivity contribution in [2.45, 2.75) is 25.8 Å². The lowest BCUT2D eigenvalue weighted by Gasteiger charge is -2.15. The molecule has 0 spiro atoms. The minimum absolute atomic E-state index is 0.146. The Morgan fingerprint density at radius 2 is 2.35 bits per heavy atom. The van der Waals surface area contributed by atoms with Crippen LogP contribution in [0.4, 0.5) is 5.69 Å². The highest BCUT2D eigenvalue weighted by molar-refractivity contribution is 5.78. The van der Waals surface area contributed by atoms with Crippen LogP contribution in [0.5, 0.6) is 5.75 Å². The Labute approximate surface area is 101 Å². The maximum Gasteiger partial charge on any atom is 0.220 e. The predicted molar refractivity (Wildman–Crippen MR) is 67.4 cm³/mol. The van der Waals surface area contributed by atoms with Gasteiger partial charge < -0.3 is 15.4 Å². The summed E-state index contributed by atoms with van der Waals surface area (Å²) in [5, 5.41) is 6.26. The first kappa shape index (κ1) is 11.8. The molecule has 4 heteroatoms. The number of hydrogen-bond acceptors (Lipinski definition) is 3. The molecule has 1 fully saturated rings. The molecule has 1 aromatic carbocycles. The van der Waals surface area contributed by atoms with E-state index >= 15 is 0 Å². The molecule has 2 N–H and O–H groups in total. The zero-order valence-corrected chi connectivity index (χ0v) is 10.2. The number of anilines is 1. The quantitative estimate of drug-likeness (QED) is 0.833. The van der Waals surface area contributed by atoms with E-state index in [4.69, 9.17) is 4.74 Å². The Kier molecular flexibility index (Phi) is 3.52. The Balaban J connectivity index is 1.98. The summed E-state index contributed by atoms with van der Waals surface area (Å²) in [4.78, 5) is 11.1. The third-order valence-electron chi connectivity index (χ3n) is 2.98. The molecular weight excluding hydrogens is 216 g/mol. The van der Waals surface area contributed by atoms with Crippen molar-refractivity contribution in [1.29, 1.82) is 0 Å². The Morgan fingerprint density at radius 1 is 1.53 bits per heavy atom. The van der Waals surface area contributed by atoms with E-state index in [1.807, 2.05) is 19.1 Å². The van der Waals surface area contributed by atoms with Gasteiger partial charge in [0.15, 0.2) is 0 Å². The van der Waals surface area contributed by atoms with Crippen molar-refractivity contribution in [3.05, 3.63) is 23.8 Å². The van der Waals surface area contributed by atoms with Crippen molar-refractivity contribution in [3.63, 3.8) is 0 Å². The standard InChI is InChI=1S/C13H18N2O2/c1-9-3-5-12(17-2)11(7-9)14-8-10-4-6-13(16)15-10/h3,5,7,10,14H,4,6,8H2,1-2H3,(H,15,16). The first-order chi connectivity index (χ1) is 8.19. The molecule has 0 saturated carbocycles. The summed E-state index contributed by atoms with van der Waals surface area (Å²) in [6.45, 7) is 2.79. The SMILES string of the molecule is COc1ccc(C)cc1NCC1CCC(=O)N1. The minimum atomic E-state index is 0.146. The molecule has 1 unspecified atom stereocenters. The van der Waals surface area contributed by atoms with E-state index in [2.05, 4.69) is 16.7 Å². The monoisotopic (exact) mass is 234 g/mol. The summed E-state index contributed by atoms with van der Waals surface area (Å²) in [6, 6.07) is 6.25. The van der Waals surface area contributed by atoms with Gasteiger partial charge in [-0.3, -0.25) is 4.79 Å². The number of aryl methyl sites for hydroxylation is 1. The summed E-state index contributed by atoms with van der Waals surface area (Å²) in [6.07, 6.45) is 1.54. The fourth-order valence-electron chi connectivity index (χ4n) is 2.02. The molecule has 92 valence electrons. The van der Waals surface area contributed by atoms with Crippen LogP contribution in [0.25, 0.3) is 0 Å². The number of rotatable bonds is 4. The second kappa shape index (κ2) is 5.08. The van der Waals surface area contributed by atoms with Gasteiger partial charge in [-0.05, 0) is 31.0 Å². The number of methoxy groups -OCH3 is 1. The van der Waals surface area contributed by atoms with E-state index in [-0.39, 0.29) is 11.9 Å². The smallest absolute Gasteiger partial charge is 0.220 e. The summed E-state index contributed by atoms with van der Waals surface area (Å²) in [7, 11) is 1.66. The second-order valence-corrected chi connectivity index (χ2v) is 4.39. The van der Waals surface area contributed by atoms with Crippen LogP contribution in [0.15, 0.2) is 18.2 Å². The molecule has 1 aromatic rings. The van der Waals surface area contributed by atoms with Crippen LogP contribution >= 0.6 is 0 Å². The third kappa shape index (κ3) is 2.90. The fourth-order valence-corrected chi connectivity index (χ4v) is 2.02. The highest BCUT2D eigenvalue weighted by Gasteiger charge is 2.20. The first-order valence-corrected chi connectivity index (χ1v) is 5.87. The lowest BCUT2D eigenvalue weighted by molar-refractivity contribution is -0.119. The molecule has 1 amide bonds. The highest BCUT2D eigenvalue weighted by atomic mass is 16.5. The Bertz CT molecular complexity index is 418. The summed E-state index contributed by atoms with van der Waals surface area (Å²) >= 11 is 0. The minimum Gasteiger partial charge on any atom is -0.495 e. The lowest BCUT2D eigenvalue weighted by Crippen LogP contribution is -2.31. The number of nitrogens with one attached hydrogen (secondary N) is 2. The molecule has 4 nitrogen and oxygen atoms in total. The molecule has 0 bridgehead atoms. The highest BCUT2D eigenvalue weighted by Crippen LogP contribution is 2.25. The van der Waals surface area contributed by atoms with Gasteiger partial charge in [-0.2, -0.15) is 0 Å². The van der Waals surface area contributed by atoms with Gasteiger partial charge in [-0.15, -0.1) is 0 Å². The van der Waals surface area contributed by atoms with E-state index < -0.39 is 0 Å². The maximum absolute atomic E-state index is 11.1. The molecule has 1 atom stereocenters. The summed E-state index contributed by atoms with van der Waals surface area (Å²) in [5.41, 5.74) is 2.16. The number of amides is 1. The molecule has 0 radical (unpaired) electrons. The van der Waals surface area contributed by atoms with Crippen LogP contribution in [0, 0.1) is 6.92 Å². The third-order valence-corrected chi connectivity index (χ3v) is 2.98. The maximum atomic E-state index is 11.1. The van der Waals surface area contributed by atoms with Gasteiger partial charge >= 0.3 is 0 Å². The number of benzene rings is 1. The van der Waals surface area contributed by atoms with Gasteiger partial charge in [0, 0.05) is 19.0 Å². The number of hydrogen-bond donors (Lipinski definition) is 2. The molecule has 1 aliphatic rings. The second-order valence-electron chi connectivity index (χ2n) is 4.39. The van der Waals surface area contributed by atoms with Gasteiger partial charge in [0.05, 0.1) is 12.8 Å². The normalized spacial score (nSPS) is 18.9. The Hall–Kier alpha value is -1.71. The van der Waals surface area contributed by atoms with Crippen molar-refractivity contribution in [2.24, 2.45) is 0 Å². The van der Waals surface area contributed by atoms with E-state index in [0.717, 1.165) is 24.4 Å². The lowest BCUT2D eigenvalue weighted by atomic mass is 10.2. The van der Waals surface area contributed by atoms with Crippen molar-refractivity contribution in [1.82, 2.24) is 5.32 Å². The van der Waals surface area contributed by atoms with Gasteiger partial charge in [-0.25, -0.2) is 0 Å². The topological polar surface area (TPSA) is 50.4 Å². The van der Waals surface area contributed by atoms with Gasteiger partial charge in [0.25, 0.3) is 0 Å². The van der Waals surface area contributed by atoms with Crippen LogP contribution in [0.2, 0.25) is 0 Å². The molecular formula is C13H18N2O2. The van der Waals surface area contributed by atoms with Crippen LogP contribution in [0.3, 0.4) is 0 Å². The Morgan fingerprint density at radius 3 is 3.00 bits per heavy atom.